The Kier molecular flexibility index (Phi) is 6.32. The van der Waals surface area contributed by atoms with Crippen molar-refractivity contribution in [3.63, 3.8) is 0 Å². The van der Waals surface area contributed by atoms with Gasteiger partial charge in [0.25, 0.3) is 11.8 Å². The third-order valence-electron chi connectivity index (χ3n) is 6.45. The first-order valence-corrected chi connectivity index (χ1v) is 12.1. The molecule has 182 valence electrons. The molecule has 4 nitrogen and oxygen atoms in total. The number of benzene rings is 2. The molecule has 3 fully saturated rings. The zero-order chi connectivity index (χ0) is 24.0. The molecule has 0 bridgehead atoms. The van der Waals surface area contributed by atoms with E-state index in [1.165, 1.54) is 30.1 Å². The molecule has 2 aromatic rings. The van der Waals surface area contributed by atoms with Crippen LogP contribution in [0.25, 0.3) is 11.1 Å². The Bertz CT molecular complexity index is 1070. The smallest absolute Gasteiger partial charge is 0.283 e. The molecule has 1 saturated carbocycles. The van der Waals surface area contributed by atoms with Gasteiger partial charge in [0.15, 0.2) is 0 Å². The lowest BCUT2D eigenvalue weighted by molar-refractivity contribution is -0.158. The topological polar surface area (TPSA) is 41.6 Å². The molecule has 2 saturated heterocycles. The van der Waals surface area contributed by atoms with E-state index in [2.05, 4.69) is 4.72 Å². The predicted octanol–water partition coefficient (Wildman–Crippen LogP) is 4.72. The van der Waals surface area contributed by atoms with Crippen LogP contribution in [0.1, 0.15) is 24.8 Å². The summed E-state index contributed by atoms with van der Waals surface area (Å²) in [6, 6.07) is 4.63. The number of halogens is 5. The molecule has 34 heavy (non-hydrogen) atoms. The number of rotatable bonds is 7. The normalized spacial score (nSPS) is 25.9. The molecular weight excluding hydrogens is 475 g/mol. The number of carbonyl (C=O) groups excluding carboxylic acids is 1. The third kappa shape index (κ3) is 4.67. The maximum Gasteiger partial charge on any atom is 0.283 e. The maximum atomic E-state index is 15.5. The van der Waals surface area contributed by atoms with Crippen molar-refractivity contribution in [3.8, 4) is 11.1 Å². The van der Waals surface area contributed by atoms with Gasteiger partial charge >= 0.3 is 0 Å². The zero-order valence-electron chi connectivity index (χ0n) is 18.1. The first kappa shape index (κ1) is 23.6. The van der Waals surface area contributed by atoms with Crippen LogP contribution in [0.3, 0.4) is 0 Å². The minimum Gasteiger partial charge on any atom is -0.368 e. The fourth-order valence-electron chi connectivity index (χ4n) is 4.40. The molecule has 1 amide bonds. The number of hydrogen-bond acceptors (Lipinski definition) is 4. The molecule has 0 spiro atoms. The van der Waals surface area contributed by atoms with Crippen LogP contribution >= 0.6 is 11.9 Å². The number of nitrogens with zero attached hydrogens (tertiary/aromatic N) is 1. The van der Waals surface area contributed by atoms with Gasteiger partial charge in [-0.05, 0) is 42.5 Å². The van der Waals surface area contributed by atoms with Crippen molar-refractivity contribution in [2.45, 2.75) is 55.0 Å². The van der Waals surface area contributed by atoms with Gasteiger partial charge in [-0.15, -0.1) is 0 Å². The second-order valence-electron chi connectivity index (χ2n) is 9.00. The summed E-state index contributed by atoms with van der Waals surface area (Å²) in [7, 11) is 0. The summed E-state index contributed by atoms with van der Waals surface area (Å²) in [5.74, 6) is -6.21. The largest absolute Gasteiger partial charge is 0.368 e. The van der Waals surface area contributed by atoms with Crippen LogP contribution in [0.15, 0.2) is 36.4 Å². The molecule has 10 heteroatoms. The summed E-state index contributed by atoms with van der Waals surface area (Å²) < 4.78 is 81.1. The molecular formula is C24H23F5N2O2S. The molecule has 1 aliphatic carbocycles. The Labute approximate surface area is 198 Å². The van der Waals surface area contributed by atoms with Crippen LogP contribution in [0, 0.1) is 17.5 Å². The monoisotopic (exact) mass is 498 g/mol. The predicted molar refractivity (Wildman–Crippen MR) is 118 cm³/mol. The van der Waals surface area contributed by atoms with Crippen LogP contribution in [-0.4, -0.2) is 53.3 Å². The summed E-state index contributed by atoms with van der Waals surface area (Å²) >= 11 is 1.23. The molecule has 2 aromatic carbocycles. The van der Waals surface area contributed by atoms with E-state index in [4.69, 9.17) is 4.74 Å². The molecule has 2 aliphatic heterocycles. The Hall–Kier alpha value is -2.17. The van der Waals surface area contributed by atoms with E-state index in [9.17, 15) is 13.6 Å². The summed E-state index contributed by atoms with van der Waals surface area (Å²) in [5.41, 5.74) is 0.0431. The highest BCUT2D eigenvalue weighted by atomic mass is 32.2. The fraction of sp³-hybridized carbons (Fsp3) is 0.458. The van der Waals surface area contributed by atoms with Crippen LogP contribution < -0.4 is 4.72 Å². The molecule has 1 unspecified atom stereocenters. The average molecular weight is 499 g/mol. The van der Waals surface area contributed by atoms with Crippen LogP contribution in [0.4, 0.5) is 22.0 Å². The zero-order valence-corrected chi connectivity index (χ0v) is 18.9. The quantitative estimate of drug-likeness (QED) is 0.443. The molecule has 1 N–H and O–H groups in total. The van der Waals surface area contributed by atoms with Gasteiger partial charge in [-0.25, -0.2) is 22.0 Å². The van der Waals surface area contributed by atoms with E-state index >= 15 is 13.2 Å². The molecule has 5 rings (SSSR count). The minimum absolute atomic E-state index is 0.00312. The van der Waals surface area contributed by atoms with Crippen molar-refractivity contribution in [2.75, 3.05) is 13.2 Å². The van der Waals surface area contributed by atoms with Gasteiger partial charge in [0, 0.05) is 23.3 Å². The number of alkyl halides is 2. The highest BCUT2D eigenvalue weighted by Gasteiger charge is 2.57. The van der Waals surface area contributed by atoms with Gasteiger partial charge in [-0.3, -0.25) is 9.52 Å². The minimum atomic E-state index is -3.22. The average Bonchev–Trinajstić information content (AvgIpc) is 3.51. The number of likely N-dealkylation sites (tertiary alicyclic amines) is 1. The van der Waals surface area contributed by atoms with Gasteiger partial charge in [-0.2, -0.15) is 0 Å². The lowest BCUT2D eigenvalue weighted by Crippen LogP contribution is -2.51. The Morgan fingerprint density at radius 1 is 1.12 bits per heavy atom. The molecule has 3 atom stereocenters. The van der Waals surface area contributed by atoms with Gasteiger partial charge in [0.2, 0.25) is 0 Å². The summed E-state index contributed by atoms with van der Waals surface area (Å²) in [6.07, 6.45) is 1.37. The first-order chi connectivity index (χ1) is 16.2. The standard InChI is InChI=1S/C24H23F5N2O2S/c25-15-8-14(9-16(26)11-15)18-3-1-2-13(21(18)27)10-19-22(30-34-17-4-5-17)24(28,29)12-31(19)23(32)20-6-7-33-20/h1-3,8-9,11,17,19-20,22,30H,4-7,10,12H2/t19-,20?,22+/m0/s1. The molecule has 2 heterocycles. The molecule has 3 aliphatic rings. The SMILES string of the molecule is O=C(C1CCO1)N1CC(F)(F)[C@H](NSC2CC2)[C@@H]1Cc1cccc(-c2cc(F)cc(F)c2)c1F. The van der Waals surface area contributed by atoms with Crippen LogP contribution in [0.2, 0.25) is 0 Å². The van der Waals surface area contributed by atoms with E-state index < -0.39 is 54.0 Å². The van der Waals surface area contributed by atoms with E-state index in [-0.39, 0.29) is 28.4 Å². The summed E-state index contributed by atoms with van der Waals surface area (Å²) in [6.45, 7) is -0.388. The van der Waals surface area contributed by atoms with Crippen molar-refractivity contribution >= 4 is 17.9 Å². The van der Waals surface area contributed by atoms with E-state index in [0.717, 1.165) is 29.9 Å². The number of amides is 1. The van der Waals surface area contributed by atoms with Crippen molar-refractivity contribution < 1.29 is 31.5 Å². The van der Waals surface area contributed by atoms with Crippen molar-refractivity contribution in [1.29, 1.82) is 0 Å². The van der Waals surface area contributed by atoms with Gasteiger partial charge in [0.1, 0.15) is 29.6 Å². The lowest BCUT2D eigenvalue weighted by Gasteiger charge is -2.34. The Morgan fingerprint density at radius 2 is 1.82 bits per heavy atom. The van der Waals surface area contributed by atoms with Crippen molar-refractivity contribution in [3.05, 3.63) is 59.4 Å². The fourth-order valence-corrected chi connectivity index (χ4v) is 5.44. The Morgan fingerprint density at radius 3 is 2.44 bits per heavy atom. The van der Waals surface area contributed by atoms with Crippen LogP contribution in [-0.2, 0) is 16.0 Å². The van der Waals surface area contributed by atoms with Crippen molar-refractivity contribution in [2.24, 2.45) is 0 Å². The van der Waals surface area contributed by atoms with Gasteiger partial charge < -0.3 is 9.64 Å². The molecule has 0 aromatic heterocycles. The molecule has 0 radical (unpaired) electrons. The highest BCUT2D eigenvalue weighted by molar-refractivity contribution is 7.98. The number of hydrogen-bond donors (Lipinski definition) is 1. The maximum absolute atomic E-state index is 15.5. The highest BCUT2D eigenvalue weighted by Crippen LogP contribution is 2.40. The Balaban J connectivity index is 1.47. The van der Waals surface area contributed by atoms with Crippen molar-refractivity contribution in [1.82, 2.24) is 9.62 Å². The van der Waals surface area contributed by atoms with Gasteiger partial charge in [0.05, 0.1) is 19.2 Å². The van der Waals surface area contributed by atoms with E-state index in [1.807, 2.05) is 0 Å². The lowest BCUT2D eigenvalue weighted by atomic mass is 9.95. The number of carbonyl (C=O) groups is 1. The van der Waals surface area contributed by atoms with E-state index in [0.29, 0.717) is 19.1 Å². The van der Waals surface area contributed by atoms with Crippen LogP contribution in [0.5, 0.6) is 0 Å². The first-order valence-electron chi connectivity index (χ1n) is 11.2. The summed E-state index contributed by atoms with van der Waals surface area (Å²) in [4.78, 5) is 14.0. The number of ether oxygens (including phenoxy) is 1. The third-order valence-corrected chi connectivity index (χ3v) is 7.64. The second-order valence-corrected chi connectivity index (χ2v) is 10.1. The van der Waals surface area contributed by atoms with E-state index in [1.54, 1.807) is 0 Å². The number of nitrogens with one attached hydrogen (secondary N) is 1. The second kappa shape index (κ2) is 9.13. The summed E-state index contributed by atoms with van der Waals surface area (Å²) in [5, 5.41) is 0.249. The van der Waals surface area contributed by atoms with Gasteiger partial charge in [-0.1, -0.05) is 30.1 Å².